The normalized spacial score (nSPS) is 20.2. The predicted octanol–water partition coefficient (Wildman–Crippen LogP) is 1.67. The number of hydrogen-bond donors (Lipinski definition) is 1. The van der Waals surface area contributed by atoms with Gasteiger partial charge in [-0.05, 0) is 54.1 Å². The summed E-state index contributed by atoms with van der Waals surface area (Å²) in [5.74, 6) is -0.272. The summed E-state index contributed by atoms with van der Waals surface area (Å²) in [6.07, 6.45) is 1.76. The second kappa shape index (κ2) is 6.47. The molecule has 0 spiro atoms. The molecule has 19 heavy (non-hydrogen) atoms. The van der Waals surface area contributed by atoms with Crippen molar-refractivity contribution in [1.82, 2.24) is 4.90 Å². The van der Waals surface area contributed by atoms with E-state index in [-0.39, 0.29) is 17.6 Å². The van der Waals surface area contributed by atoms with Crippen LogP contribution in [-0.4, -0.2) is 36.2 Å². The lowest BCUT2D eigenvalue weighted by Gasteiger charge is -2.30. The standard InChI is InChI=1S/C14H17IN2O2/c15-12-5-3-10(4-6-12)13(18)9-17-7-1-2-11(8-17)14(16)19/h3-6,11H,1-2,7-9H2,(H2,16,19). The van der Waals surface area contributed by atoms with Gasteiger partial charge in [-0.15, -0.1) is 0 Å². The van der Waals surface area contributed by atoms with Gasteiger partial charge in [-0.1, -0.05) is 12.1 Å². The minimum absolute atomic E-state index is 0.0986. The van der Waals surface area contributed by atoms with Gasteiger partial charge in [0.15, 0.2) is 5.78 Å². The molecule has 0 bridgehead atoms. The zero-order chi connectivity index (χ0) is 13.8. The van der Waals surface area contributed by atoms with Crippen LogP contribution in [-0.2, 0) is 4.79 Å². The molecule has 0 aromatic heterocycles. The first-order valence-corrected chi connectivity index (χ1v) is 7.44. The Balaban J connectivity index is 1.95. The maximum Gasteiger partial charge on any atom is 0.221 e. The van der Waals surface area contributed by atoms with Gasteiger partial charge in [0.25, 0.3) is 0 Å². The molecule has 102 valence electrons. The Morgan fingerprint density at radius 3 is 2.63 bits per heavy atom. The number of halogens is 1. The largest absolute Gasteiger partial charge is 0.369 e. The molecule has 1 saturated heterocycles. The molecule has 2 rings (SSSR count). The first-order chi connectivity index (χ1) is 9.06. The number of carbonyl (C=O) groups excluding carboxylic acids is 2. The number of likely N-dealkylation sites (tertiary alicyclic amines) is 1. The van der Waals surface area contributed by atoms with Crippen LogP contribution in [0.1, 0.15) is 23.2 Å². The molecular formula is C14H17IN2O2. The number of amides is 1. The van der Waals surface area contributed by atoms with E-state index >= 15 is 0 Å². The number of piperidine rings is 1. The van der Waals surface area contributed by atoms with Crippen LogP contribution in [0.5, 0.6) is 0 Å². The van der Waals surface area contributed by atoms with Crippen molar-refractivity contribution in [1.29, 1.82) is 0 Å². The van der Waals surface area contributed by atoms with Gasteiger partial charge in [-0.3, -0.25) is 14.5 Å². The van der Waals surface area contributed by atoms with E-state index in [1.54, 1.807) is 0 Å². The molecular weight excluding hydrogens is 355 g/mol. The summed E-state index contributed by atoms with van der Waals surface area (Å²) in [6.45, 7) is 1.83. The topological polar surface area (TPSA) is 63.4 Å². The van der Waals surface area contributed by atoms with Crippen molar-refractivity contribution in [3.8, 4) is 0 Å². The maximum atomic E-state index is 12.1. The van der Waals surface area contributed by atoms with Crippen LogP contribution in [0.25, 0.3) is 0 Å². The van der Waals surface area contributed by atoms with E-state index in [9.17, 15) is 9.59 Å². The van der Waals surface area contributed by atoms with E-state index in [1.165, 1.54) is 0 Å². The summed E-state index contributed by atoms with van der Waals surface area (Å²) in [5.41, 5.74) is 6.06. The summed E-state index contributed by atoms with van der Waals surface area (Å²) in [6, 6.07) is 7.55. The van der Waals surface area contributed by atoms with Gasteiger partial charge in [0, 0.05) is 15.7 Å². The Labute approximate surface area is 126 Å². The Morgan fingerprint density at radius 2 is 2.00 bits per heavy atom. The average Bonchev–Trinajstić information content (AvgIpc) is 2.39. The number of rotatable bonds is 4. The van der Waals surface area contributed by atoms with Crippen LogP contribution in [0.2, 0.25) is 0 Å². The molecule has 0 saturated carbocycles. The molecule has 5 heteroatoms. The SMILES string of the molecule is NC(=O)C1CCCN(CC(=O)c2ccc(I)cc2)C1. The Hall–Kier alpha value is -0.950. The summed E-state index contributed by atoms with van der Waals surface area (Å²) < 4.78 is 1.11. The molecule has 1 aromatic rings. The Bertz CT molecular complexity index is 473. The first-order valence-electron chi connectivity index (χ1n) is 6.36. The fourth-order valence-electron chi connectivity index (χ4n) is 2.36. The number of ketones is 1. The number of hydrogen-bond acceptors (Lipinski definition) is 3. The van der Waals surface area contributed by atoms with E-state index in [0.29, 0.717) is 13.1 Å². The van der Waals surface area contributed by atoms with Crippen molar-refractivity contribution < 1.29 is 9.59 Å². The lowest BCUT2D eigenvalue weighted by atomic mass is 9.97. The minimum Gasteiger partial charge on any atom is -0.369 e. The van der Waals surface area contributed by atoms with Crippen LogP contribution in [0.4, 0.5) is 0 Å². The highest BCUT2D eigenvalue weighted by molar-refractivity contribution is 14.1. The van der Waals surface area contributed by atoms with Gasteiger partial charge in [-0.25, -0.2) is 0 Å². The molecule has 1 heterocycles. The second-order valence-corrected chi connectivity index (χ2v) is 6.15. The summed E-state index contributed by atoms with van der Waals surface area (Å²) in [4.78, 5) is 25.4. The minimum atomic E-state index is -0.258. The Kier molecular flexibility index (Phi) is 4.93. The summed E-state index contributed by atoms with van der Waals surface area (Å²) >= 11 is 2.21. The van der Waals surface area contributed by atoms with Crippen molar-refractivity contribution in [3.05, 3.63) is 33.4 Å². The van der Waals surface area contributed by atoms with E-state index in [4.69, 9.17) is 5.73 Å². The monoisotopic (exact) mass is 372 g/mol. The van der Waals surface area contributed by atoms with E-state index in [0.717, 1.165) is 28.5 Å². The van der Waals surface area contributed by atoms with Crippen molar-refractivity contribution >= 4 is 34.3 Å². The zero-order valence-electron chi connectivity index (χ0n) is 10.6. The molecule has 4 nitrogen and oxygen atoms in total. The van der Waals surface area contributed by atoms with Crippen molar-refractivity contribution in [2.75, 3.05) is 19.6 Å². The number of benzene rings is 1. The van der Waals surface area contributed by atoms with Crippen LogP contribution >= 0.6 is 22.6 Å². The Morgan fingerprint density at radius 1 is 1.32 bits per heavy atom. The third kappa shape index (κ3) is 4.01. The fourth-order valence-corrected chi connectivity index (χ4v) is 2.72. The van der Waals surface area contributed by atoms with Gasteiger partial charge >= 0.3 is 0 Å². The van der Waals surface area contributed by atoms with Crippen molar-refractivity contribution in [2.45, 2.75) is 12.8 Å². The third-order valence-corrected chi connectivity index (χ3v) is 4.16. The molecule has 1 fully saturated rings. The van der Waals surface area contributed by atoms with Crippen LogP contribution < -0.4 is 5.73 Å². The number of Topliss-reactive ketones (excluding diaryl/α,β-unsaturated/α-hetero) is 1. The number of carbonyl (C=O) groups is 2. The first kappa shape index (κ1) is 14.5. The van der Waals surface area contributed by atoms with Gasteiger partial charge in [0.1, 0.15) is 0 Å². The molecule has 1 amide bonds. The van der Waals surface area contributed by atoms with Crippen LogP contribution in [0, 0.1) is 9.49 Å². The molecule has 1 aliphatic rings. The van der Waals surface area contributed by atoms with Gasteiger partial charge < -0.3 is 5.73 Å². The predicted molar refractivity (Wildman–Crippen MR) is 81.8 cm³/mol. The van der Waals surface area contributed by atoms with Crippen molar-refractivity contribution in [2.24, 2.45) is 11.7 Å². The number of nitrogens with two attached hydrogens (primary N) is 1. The van der Waals surface area contributed by atoms with Gasteiger partial charge in [0.2, 0.25) is 5.91 Å². The molecule has 1 aliphatic heterocycles. The smallest absolute Gasteiger partial charge is 0.221 e. The molecule has 1 atom stereocenters. The highest BCUT2D eigenvalue weighted by Gasteiger charge is 2.25. The van der Waals surface area contributed by atoms with E-state index in [2.05, 4.69) is 22.6 Å². The lowest BCUT2D eigenvalue weighted by molar-refractivity contribution is -0.123. The van der Waals surface area contributed by atoms with Gasteiger partial charge in [-0.2, -0.15) is 0 Å². The van der Waals surface area contributed by atoms with E-state index in [1.807, 2.05) is 29.2 Å². The highest BCUT2D eigenvalue weighted by atomic mass is 127. The van der Waals surface area contributed by atoms with Crippen LogP contribution in [0.3, 0.4) is 0 Å². The molecule has 2 N–H and O–H groups in total. The molecule has 0 aliphatic carbocycles. The number of primary amides is 1. The highest BCUT2D eigenvalue weighted by Crippen LogP contribution is 2.16. The summed E-state index contributed by atoms with van der Waals surface area (Å²) in [7, 11) is 0. The van der Waals surface area contributed by atoms with Crippen molar-refractivity contribution in [3.63, 3.8) is 0 Å². The van der Waals surface area contributed by atoms with Crippen LogP contribution in [0.15, 0.2) is 24.3 Å². The third-order valence-electron chi connectivity index (χ3n) is 3.44. The molecule has 0 radical (unpaired) electrons. The molecule has 1 unspecified atom stereocenters. The number of nitrogens with zero attached hydrogens (tertiary/aromatic N) is 1. The molecule has 1 aromatic carbocycles. The van der Waals surface area contributed by atoms with Gasteiger partial charge in [0.05, 0.1) is 12.5 Å². The lowest BCUT2D eigenvalue weighted by Crippen LogP contribution is -2.43. The van der Waals surface area contributed by atoms with E-state index < -0.39 is 0 Å². The quantitative estimate of drug-likeness (QED) is 0.646. The fraction of sp³-hybridized carbons (Fsp3) is 0.429. The second-order valence-electron chi connectivity index (χ2n) is 4.91. The maximum absolute atomic E-state index is 12.1. The average molecular weight is 372 g/mol. The summed E-state index contributed by atoms with van der Waals surface area (Å²) in [5, 5.41) is 0. The zero-order valence-corrected chi connectivity index (χ0v) is 12.8.